The lowest BCUT2D eigenvalue weighted by molar-refractivity contribution is -0.123. The Bertz CT molecular complexity index is 499. The normalized spacial score (nSPS) is 11.1. The number of hydrogen-bond donors (Lipinski definition) is 2. The molecule has 0 aliphatic carbocycles. The van der Waals surface area contributed by atoms with E-state index in [0.29, 0.717) is 31.4 Å². The van der Waals surface area contributed by atoms with Crippen molar-refractivity contribution in [3.05, 3.63) is 29.8 Å². The van der Waals surface area contributed by atoms with Crippen molar-refractivity contribution in [3.63, 3.8) is 0 Å². The number of carbonyl (C=O) groups is 2. The molecule has 3 N–H and O–H groups in total. The molecule has 0 heterocycles. The van der Waals surface area contributed by atoms with Crippen molar-refractivity contribution < 1.29 is 14.3 Å². The quantitative estimate of drug-likeness (QED) is 0.649. The maximum Gasteiger partial charge on any atom is 0.220 e. The van der Waals surface area contributed by atoms with E-state index in [1.807, 2.05) is 13.8 Å². The highest BCUT2D eigenvalue weighted by Crippen LogP contribution is 2.15. The minimum atomic E-state index is -0.322. The van der Waals surface area contributed by atoms with Gasteiger partial charge in [-0.25, -0.2) is 0 Å². The van der Waals surface area contributed by atoms with Gasteiger partial charge < -0.3 is 15.8 Å². The van der Waals surface area contributed by atoms with Gasteiger partial charge in [0.1, 0.15) is 5.75 Å². The molecule has 0 aliphatic rings. The van der Waals surface area contributed by atoms with Crippen LogP contribution in [0.25, 0.3) is 0 Å². The molecule has 1 aromatic carbocycles. The number of Topliss-reactive ketones (excluding diaryl/α,β-unsaturated/α-hetero) is 1. The molecule has 0 spiro atoms. The molecule has 5 heteroatoms. The Labute approximate surface area is 138 Å². The Morgan fingerprint density at radius 1 is 1.13 bits per heavy atom. The molecule has 23 heavy (non-hydrogen) atoms. The van der Waals surface area contributed by atoms with Gasteiger partial charge >= 0.3 is 0 Å². The second-order valence-corrected chi connectivity index (χ2v) is 5.74. The number of ether oxygens (including phenoxy) is 1. The molecule has 1 aromatic rings. The van der Waals surface area contributed by atoms with E-state index in [4.69, 9.17) is 10.5 Å². The van der Waals surface area contributed by atoms with Crippen molar-refractivity contribution in [2.24, 2.45) is 5.73 Å². The van der Waals surface area contributed by atoms with E-state index in [9.17, 15) is 9.59 Å². The summed E-state index contributed by atoms with van der Waals surface area (Å²) in [5.74, 6) is 0.719. The summed E-state index contributed by atoms with van der Waals surface area (Å²) in [7, 11) is 1.59. The topological polar surface area (TPSA) is 81.4 Å². The summed E-state index contributed by atoms with van der Waals surface area (Å²) >= 11 is 0. The van der Waals surface area contributed by atoms with Gasteiger partial charge in [-0.15, -0.1) is 0 Å². The van der Waals surface area contributed by atoms with Gasteiger partial charge in [-0.1, -0.05) is 13.8 Å². The predicted octanol–water partition coefficient (Wildman–Crippen LogP) is 2.68. The van der Waals surface area contributed by atoms with Crippen molar-refractivity contribution in [3.8, 4) is 5.75 Å². The van der Waals surface area contributed by atoms with E-state index in [2.05, 4.69) is 5.32 Å². The third-order valence-corrected chi connectivity index (χ3v) is 4.37. The first-order valence-electron chi connectivity index (χ1n) is 8.18. The van der Waals surface area contributed by atoms with Crippen LogP contribution >= 0.6 is 0 Å². The molecule has 1 rings (SSSR count). The summed E-state index contributed by atoms with van der Waals surface area (Å²) in [6, 6.07) is 7.01. The number of methoxy groups -OCH3 is 1. The molecule has 0 unspecified atom stereocenters. The Balaban J connectivity index is 2.43. The number of nitrogens with two attached hydrogens (primary N) is 1. The lowest BCUT2D eigenvalue weighted by Gasteiger charge is -2.31. The molecular formula is C18H28N2O3. The standard InChI is InChI=1S/C18H28N2O3/c1-4-18(5-2,13-19)20-17(22)8-6-7-16(21)14-9-11-15(23-3)12-10-14/h9-12H,4-8,13,19H2,1-3H3,(H,20,22). The van der Waals surface area contributed by atoms with Crippen LogP contribution in [0.15, 0.2) is 24.3 Å². The largest absolute Gasteiger partial charge is 0.497 e. The minimum Gasteiger partial charge on any atom is -0.497 e. The van der Waals surface area contributed by atoms with Crippen molar-refractivity contribution in [2.75, 3.05) is 13.7 Å². The van der Waals surface area contributed by atoms with Crippen LogP contribution in [0.5, 0.6) is 5.75 Å². The molecule has 1 amide bonds. The fourth-order valence-corrected chi connectivity index (χ4v) is 2.46. The van der Waals surface area contributed by atoms with Gasteiger partial charge in [0.25, 0.3) is 0 Å². The summed E-state index contributed by atoms with van der Waals surface area (Å²) < 4.78 is 5.07. The molecule has 0 saturated carbocycles. The number of rotatable bonds is 10. The number of nitrogens with one attached hydrogen (secondary N) is 1. The predicted molar refractivity (Wildman–Crippen MR) is 91.7 cm³/mol. The lowest BCUT2D eigenvalue weighted by atomic mass is 9.92. The number of carbonyl (C=O) groups excluding carboxylic acids is 2. The highest BCUT2D eigenvalue weighted by molar-refractivity contribution is 5.96. The molecule has 0 aliphatic heterocycles. The Kier molecular flexibility index (Phi) is 7.75. The summed E-state index contributed by atoms with van der Waals surface area (Å²) in [4.78, 5) is 24.1. The first-order chi connectivity index (χ1) is 11.0. The molecule has 0 saturated heterocycles. The van der Waals surface area contributed by atoms with Gasteiger partial charge in [0.15, 0.2) is 5.78 Å². The third-order valence-electron chi connectivity index (χ3n) is 4.37. The Morgan fingerprint density at radius 2 is 1.74 bits per heavy atom. The summed E-state index contributed by atoms with van der Waals surface area (Å²) in [5.41, 5.74) is 6.10. The second kappa shape index (κ2) is 9.30. The third kappa shape index (κ3) is 5.67. The molecular weight excluding hydrogens is 292 g/mol. The highest BCUT2D eigenvalue weighted by atomic mass is 16.5. The van der Waals surface area contributed by atoms with Gasteiger partial charge in [-0.05, 0) is 43.5 Å². The Morgan fingerprint density at radius 3 is 2.22 bits per heavy atom. The van der Waals surface area contributed by atoms with Crippen LogP contribution in [0.1, 0.15) is 56.3 Å². The maximum atomic E-state index is 12.1. The monoisotopic (exact) mass is 320 g/mol. The first-order valence-corrected chi connectivity index (χ1v) is 8.18. The van der Waals surface area contributed by atoms with Crippen molar-refractivity contribution in [2.45, 2.75) is 51.5 Å². The van der Waals surface area contributed by atoms with E-state index in [1.54, 1.807) is 31.4 Å². The molecule has 5 nitrogen and oxygen atoms in total. The molecule has 0 atom stereocenters. The van der Waals surface area contributed by atoms with Crippen LogP contribution in [0.2, 0.25) is 0 Å². The number of amides is 1. The van der Waals surface area contributed by atoms with E-state index < -0.39 is 0 Å². The van der Waals surface area contributed by atoms with Crippen molar-refractivity contribution >= 4 is 11.7 Å². The van der Waals surface area contributed by atoms with Crippen molar-refractivity contribution in [1.82, 2.24) is 5.32 Å². The average Bonchev–Trinajstić information content (AvgIpc) is 2.59. The number of hydrogen-bond acceptors (Lipinski definition) is 4. The fraction of sp³-hybridized carbons (Fsp3) is 0.556. The SMILES string of the molecule is CCC(CC)(CN)NC(=O)CCCC(=O)c1ccc(OC)cc1. The summed E-state index contributed by atoms with van der Waals surface area (Å²) in [6.45, 7) is 4.46. The van der Waals surface area contributed by atoms with Crippen LogP contribution in [0.3, 0.4) is 0 Å². The van der Waals surface area contributed by atoms with Gasteiger partial charge in [0.2, 0.25) is 5.91 Å². The van der Waals surface area contributed by atoms with Crippen LogP contribution in [0.4, 0.5) is 0 Å². The van der Waals surface area contributed by atoms with Crippen LogP contribution in [-0.2, 0) is 4.79 Å². The second-order valence-electron chi connectivity index (χ2n) is 5.74. The average molecular weight is 320 g/mol. The smallest absolute Gasteiger partial charge is 0.220 e. The first kappa shape index (κ1) is 19.2. The molecule has 128 valence electrons. The Hall–Kier alpha value is -1.88. The zero-order valence-electron chi connectivity index (χ0n) is 14.4. The van der Waals surface area contributed by atoms with Gasteiger partial charge in [-0.2, -0.15) is 0 Å². The molecule has 0 bridgehead atoms. The van der Waals surface area contributed by atoms with Crippen molar-refractivity contribution in [1.29, 1.82) is 0 Å². The van der Waals surface area contributed by atoms with E-state index in [1.165, 1.54) is 0 Å². The highest BCUT2D eigenvalue weighted by Gasteiger charge is 2.25. The fourth-order valence-electron chi connectivity index (χ4n) is 2.46. The van der Waals surface area contributed by atoms with E-state index in [-0.39, 0.29) is 17.2 Å². The summed E-state index contributed by atoms with van der Waals surface area (Å²) in [5, 5.41) is 3.02. The van der Waals surface area contributed by atoms with E-state index in [0.717, 1.165) is 18.6 Å². The maximum absolute atomic E-state index is 12.1. The number of ketones is 1. The molecule has 0 aromatic heterocycles. The van der Waals surface area contributed by atoms with Gasteiger partial charge in [0.05, 0.1) is 12.6 Å². The zero-order chi connectivity index (χ0) is 17.3. The van der Waals surface area contributed by atoms with Crippen LogP contribution in [0, 0.1) is 0 Å². The molecule has 0 radical (unpaired) electrons. The molecule has 0 fully saturated rings. The van der Waals surface area contributed by atoms with Gasteiger partial charge in [0, 0.05) is 24.9 Å². The minimum absolute atomic E-state index is 0.0384. The van der Waals surface area contributed by atoms with E-state index >= 15 is 0 Å². The van der Waals surface area contributed by atoms with Crippen LogP contribution in [-0.4, -0.2) is 30.9 Å². The summed E-state index contributed by atoms with van der Waals surface area (Å²) in [6.07, 6.45) is 2.83. The van der Waals surface area contributed by atoms with Crippen LogP contribution < -0.4 is 15.8 Å². The lowest BCUT2D eigenvalue weighted by Crippen LogP contribution is -2.52. The number of benzene rings is 1. The van der Waals surface area contributed by atoms with Gasteiger partial charge in [-0.3, -0.25) is 9.59 Å². The zero-order valence-corrected chi connectivity index (χ0v) is 14.4.